The molecule has 4 nitrogen and oxygen atoms in total. The van der Waals surface area contributed by atoms with E-state index in [1.54, 1.807) is 7.11 Å². The number of azide groups is 1. The van der Waals surface area contributed by atoms with Gasteiger partial charge in [-0.15, -0.1) is 0 Å². The van der Waals surface area contributed by atoms with Gasteiger partial charge < -0.3 is 4.74 Å². The number of nitrogens with zero attached hydrogens (tertiary/aromatic N) is 3. The molecule has 0 heterocycles. The molecule has 0 aliphatic rings. The number of benzene rings is 1. The zero-order valence-electron chi connectivity index (χ0n) is 7.64. The monoisotopic (exact) mass is 177 g/mol. The molecule has 0 aliphatic carbocycles. The molecule has 0 saturated heterocycles. The summed E-state index contributed by atoms with van der Waals surface area (Å²) < 4.78 is 5.05. The predicted octanol–water partition coefficient (Wildman–Crippen LogP) is 3.07. The van der Waals surface area contributed by atoms with Crippen LogP contribution < -0.4 is 4.74 Å². The molecule has 1 rings (SSSR count). The molecule has 0 N–H and O–H groups in total. The molecule has 0 spiro atoms. The maximum Gasteiger partial charge on any atom is 0.119 e. The maximum absolute atomic E-state index is 8.25. The third-order valence-corrected chi connectivity index (χ3v) is 1.80. The van der Waals surface area contributed by atoms with E-state index in [1.165, 1.54) is 0 Å². The molecule has 0 radical (unpaired) electrons. The second kappa shape index (κ2) is 4.38. The highest BCUT2D eigenvalue weighted by molar-refractivity contribution is 5.30. The van der Waals surface area contributed by atoms with Crippen LogP contribution in [0, 0.1) is 0 Å². The molecule has 13 heavy (non-hydrogen) atoms. The second-order valence-electron chi connectivity index (χ2n) is 2.66. The highest BCUT2D eigenvalue weighted by Crippen LogP contribution is 2.21. The van der Waals surface area contributed by atoms with Gasteiger partial charge in [-0.2, -0.15) is 0 Å². The van der Waals surface area contributed by atoms with E-state index in [4.69, 9.17) is 10.3 Å². The third kappa shape index (κ3) is 2.39. The largest absolute Gasteiger partial charge is 0.497 e. The quantitative estimate of drug-likeness (QED) is 0.397. The number of methoxy groups -OCH3 is 1. The van der Waals surface area contributed by atoms with E-state index in [-0.39, 0.29) is 6.04 Å². The van der Waals surface area contributed by atoms with Gasteiger partial charge in [0.2, 0.25) is 0 Å². The summed E-state index contributed by atoms with van der Waals surface area (Å²) in [4.78, 5) is 2.75. The minimum Gasteiger partial charge on any atom is -0.497 e. The van der Waals surface area contributed by atoms with E-state index in [1.807, 2.05) is 31.2 Å². The molecular weight excluding hydrogens is 166 g/mol. The van der Waals surface area contributed by atoms with Crippen molar-refractivity contribution in [3.63, 3.8) is 0 Å². The Morgan fingerprint density at radius 1 is 1.54 bits per heavy atom. The van der Waals surface area contributed by atoms with Gasteiger partial charge in [-0.3, -0.25) is 0 Å². The van der Waals surface area contributed by atoms with Crippen molar-refractivity contribution in [2.24, 2.45) is 5.11 Å². The van der Waals surface area contributed by atoms with E-state index < -0.39 is 0 Å². The molecule has 1 aromatic carbocycles. The van der Waals surface area contributed by atoms with Crippen molar-refractivity contribution in [1.82, 2.24) is 0 Å². The fourth-order valence-corrected chi connectivity index (χ4v) is 1.05. The molecule has 1 atom stereocenters. The Morgan fingerprint density at radius 2 is 2.31 bits per heavy atom. The van der Waals surface area contributed by atoms with E-state index >= 15 is 0 Å². The Morgan fingerprint density at radius 3 is 2.92 bits per heavy atom. The molecular formula is C9H11N3O. The first-order valence-corrected chi connectivity index (χ1v) is 3.96. The molecule has 0 aromatic heterocycles. The summed E-state index contributed by atoms with van der Waals surface area (Å²) >= 11 is 0. The standard InChI is InChI=1S/C9H11N3O/c1-7(11-12-10)8-4-3-5-9(6-8)13-2/h3-7H,1-2H3/t7-/m1/s1. The zero-order chi connectivity index (χ0) is 9.68. The Hall–Kier alpha value is -1.67. The summed E-state index contributed by atoms with van der Waals surface area (Å²) in [7, 11) is 1.61. The van der Waals surface area contributed by atoms with Gasteiger partial charge >= 0.3 is 0 Å². The van der Waals surface area contributed by atoms with Crippen LogP contribution in [0.1, 0.15) is 18.5 Å². The molecule has 0 amide bonds. The van der Waals surface area contributed by atoms with Gasteiger partial charge in [0.15, 0.2) is 0 Å². The fourth-order valence-electron chi connectivity index (χ4n) is 1.05. The highest BCUT2D eigenvalue weighted by atomic mass is 16.5. The van der Waals surface area contributed by atoms with E-state index in [0.29, 0.717) is 0 Å². The first-order chi connectivity index (χ1) is 6.27. The van der Waals surface area contributed by atoms with Crippen molar-refractivity contribution in [1.29, 1.82) is 0 Å². The van der Waals surface area contributed by atoms with Crippen LogP contribution >= 0.6 is 0 Å². The smallest absolute Gasteiger partial charge is 0.119 e. The molecule has 4 heteroatoms. The molecule has 0 fully saturated rings. The Kier molecular flexibility index (Phi) is 3.17. The fraction of sp³-hybridized carbons (Fsp3) is 0.333. The molecule has 1 aromatic rings. The number of hydrogen-bond acceptors (Lipinski definition) is 2. The number of rotatable bonds is 3. The van der Waals surface area contributed by atoms with E-state index in [0.717, 1.165) is 11.3 Å². The summed E-state index contributed by atoms with van der Waals surface area (Å²) in [5.74, 6) is 0.775. The van der Waals surface area contributed by atoms with Gasteiger partial charge in [0, 0.05) is 4.91 Å². The third-order valence-electron chi connectivity index (χ3n) is 1.80. The average Bonchev–Trinajstić information content (AvgIpc) is 2.18. The van der Waals surface area contributed by atoms with Gasteiger partial charge in [0.05, 0.1) is 13.2 Å². The minimum absolute atomic E-state index is 0.153. The zero-order valence-corrected chi connectivity index (χ0v) is 7.64. The first kappa shape index (κ1) is 9.42. The van der Waals surface area contributed by atoms with Gasteiger partial charge in [-0.1, -0.05) is 24.2 Å². The van der Waals surface area contributed by atoms with Crippen molar-refractivity contribution in [2.75, 3.05) is 7.11 Å². The van der Waals surface area contributed by atoms with E-state index in [2.05, 4.69) is 10.0 Å². The van der Waals surface area contributed by atoms with Crippen LogP contribution in [-0.4, -0.2) is 7.11 Å². The summed E-state index contributed by atoms with van der Waals surface area (Å²) in [6.45, 7) is 1.84. The normalized spacial score (nSPS) is 11.5. The van der Waals surface area contributed by atoms with Gasteiger partial charge in [-0.25, -0.2) is 0 Å². The summed E-state index contributed by atoms with van der Waals surface area (Å²) in [5.41, 5.74) is 9.21. The lowest BCUT2D eigenvalue weighted by Gasteiger charge is -2.06. The van der Waals surface area contributed by atoms with Gasteiger partial charge in [0.25, 0.3) is 0 Å². The van der Waals surface area contributed by atoms with Crippen molar-refractivity contribution < 1.29 is 4.74 Å². The van der Waals surface area contributed by atoms with Crippen LogP contribution in [0.4, 0.5) is 0 Å². The summed E-state index contributed by atoms with van der Waals surface area (Å²) in [5, 5.41) is 3.60. The summed E-state index contributed by atoms with van der Waals surface area (Å²) in [6.07, 6.45) is 0. The van der Waals surface area contributed by atoms with E-state index in [9.17, 15) is 0 Å². The lowest BCUT2D eigenvalue weighted by molar-refractivity contribution is 0.414. The van der Waals surface area contributed by atoms with Crippen molar-refractivity contribution in [2.45, 2.75) is 13.0 Å². The van der Waals surface area contributed by atoms with Crippen molar-refractivity contribution in [3.8, 4) is 5.75 Å². The van der Waals surface area contributed by atoms with Gasteiger partial charge in [-0.05, 0) is 23.2 Å². The lowest BCUT2D eigenvalue weighted by Crippen LogP contribution is -1.89. The van der Waals surface area contributed by atoms with Crippen LogP contribution in [0.25, 0.3) is 10.4 Å². The second-order valence-corrected chi connectivity index (χ2v) is 2.66. The SMILES string of the molecule is COc1cccc([C@@H](C)N=[N+]=[N-])c1. The Balaban J connectivity index is 2.94. The summed E-state index contributed by atoms with van der Waals surface area (Å²) in [6, 6.07) is 7.34. The average molecular weight is 177 g/mol. The molecule has 0 aliphatic heterocycles. The first-order valence-electron chi connectivity index (χ1n) is 3.96. The molecule has 0 bridgehead atoms. The van der Waals surface area contributed by atoms with Crippen molar-refractivity contribution >= 4 is 0 Å². The van der Waals surface area contributed by atoms with Crippen LogP contribution in [0.15, 0.2) is 29.4 Å². The Labute approximate surface area is 76.8 Å². The number of ether oxygens (including phenoxy) is 1. The number of hydrogen-bond donors (Lipinski definition) is 0. The van der Waals surface area contributed by atoms with Crippen LogP contribution in [0.5, 0.6) is 5.75 Å². The predicted molar refractivity (Wildman–Crippen MR) is 50.6 cm³/mol. The molecule has 0 unspecified atom stereocenters. The topological polar surface area (TPSA) is 58.0 Å². The maximum atomic E-state index is 8.25. The van der Waals surface area contributed by atoms with Crippen molar-refractivity contribution in [3.05, 3.63) is 40.3 Å². The molecule has 68 valence electrons. The highest BCUT2D eigenvalue weighted by Gasteiger charge is 2.02. The van der Waals surface area contributed by atoms with Crippen LogP contribution in [0.3, 0.4) is 0 Å². The van der Waals surface area contributed by atoms with Crippen LogP contribution in [0.2, 0.25) is 0 Å². The minimum atomic E-state index is -0.153. The van der Waals surface area contributed by atoms with Crippen LogP contribution in [-0.2, 0) is 0 Å². The Bertz CT molecular complexity index is 331. The lowest BCUT2D eigenvalue weighted by atomic mass is 10.1. The molecule has 0 saturated carbocycles. The van der Waals surface area contributed by atoms with Gasteiger partial charge in [0.1, 0.15) is 5.75 Å².